The lowest BCUT2D eigenvalue weighted by atomic mass is 10.3. The zero-order chi connectivity index (χ0) is 9.78. The van der Waals surface area contributed by atoms with Crippen molar-refractivity contribution in [2.24, 2.45) is 0 Å². The lowest BCUT2D eigenvalue weighted by Crippen LogP contribution is -2.05. The first kappa shape index (κ1) is 12.4. The van der Waals surface area contributed by atoms with Gasteiger partial charge in [0.2, 0.25) is 0 Å². The normalized spacial score (nSPS) is 9.38. The minimum atomic E-state index is 0.296. The van der Waals surface area contributed by atoms with E-state index in [0.717, 1.165) is 12.8 Å². The predicted octanol–water partition coefficient (Wildman–Crippen LogP) is 1.43. The number of hydrogen-bond donors (Lipinski definition) is 0. The maximum Gasteiger partial charge on any atom is 0.148 e. The molecule has 0 rings (SSSR count). The van der Waals surface area contributed by atoms with Crippen LogP contribution in [0.15, 0.2) is 0 Å². The Morgan fingerprint density at radius 1 is 1.08 bits per heavy atom. The zero-order valence-electron chi connectivity index (χ0n) is 8.47. The van der Waals surface area contributed by atoms with E-state index in [2.05, 4.69) is 18.8 Å². The van der Waals surface area contributed by atoms with Gasteiger partial charge in [0.05, 0.1) is 13.2 Å². The minimum Gasteiger partial charge on any atom is -0.382 e. The molecule has 0 aliphatic heterocycles. The van der Waals surface area contributed by atoms with Gasteiger partial charge in [0.15, 0.2) is 0 Å². The summed E-state index contributed by atoms with van der Waals surface area (Å²) < 4.78 is 14.9. The molecule has 0 radical (unpaired) electrons. The van der Waals surface area contributed by atoms with Crippen LogP contribution in [0.25, 0.3) is 0 Å². The molecule has 0 aliphatic carbocycles. The van der Waals surface area contributed by atoms with E-state index in [9.17, 15) is 0 Å². The van der Waals surface area contributed by atoms with Crippen molar-refractivity contribution in [3.05, 3.63) is 0 Å². The van der Waals surface area contributed by atoms with E-state index in [1.807, 2.05) is 0 Å². The smallest absolute Gasteiger partial charge is 0.148 e. The molecule has 13 heavy (non-hydrogen) atoms. The third-order valence-corrected chi connectivity index (χ3v) is 1.27. The second-order valence-corrected chi connectivity index (χ2v) is 2.47. The first-order valence-corrected chi connectivity index (χ1v) is 4.52. The Balaban J connectivity index is 2.96. The quantitative estimate of drug-likeness (QED) is 0.342. The van der Waals surface area contributed by atoms with Gasteiger partial charge in [0.25, 0.3) is 0 Å². The van der Waals surface area contributed by atoms with E-state index in [0.29, 0.717) is 26.6 Å². The maximum absolute atomic E-state index is 5.08. The van der Waals surface area contributed by atoms with Crippen molar-refractivity contribution < 1.29 is 14.2 Å². The van der Waals surface area contributed by atoms with E-state index in [-0.39, 0.29) is 0 Å². The van der Waals surface area contributed by atoms with Gasteiger partial charge in [0, 0.05) is 13.5 Å². The van der Waals surface area contributed by atoms with Crippen molar-refractivity contribution in [1.82, 2.24) is 0 Å². The van der Waals surface area contributed by atoms with Crippen molar-refractivity contribution >= 4 is 0 Å². The fourth-order valence-corrected chi connectivity index (χ4v) is 0.617. The average molecular weight is 186 g/mol. The first-order valence-electron chi connectivity index (χ1n) is 4.52. The molecular weight excluding hydrogens is 168 g/mol. The minimum absolute atomic E-state index is 0.296. The molecule has 3 nitrogen and oxygen atoms in total. The highest BCUT2D eigenvalue weighted by atomic mass is 16.7. The number of hydrogen-bond acceptors (Lipinski definition) is 3. The van der Waals surface area contributed by atoms with Crippen LogP contribution in [0.1, 0.15) is 19.8 Å². The Bertz CT molecular complexity index is 146. The van der Waals surface area contributed by atoms with Crippen LogP contribution in [-0.2, 0) is 14.2 Å². The van der Waals surface area contributed by atoms with Crippen molar-refractivity contribution in [2.75, 3.05) is 33.7 Å². The van der Waals surface area contributed by atoms with Crippen molar-refractivity contribution in [3.63, 3.8) is 0 Å². The van der Waals surface area contributed by atoms with Crippen LogP contribution >= 0.6 is 0 Å². The Kier molecular flexibility index (Phi) is 10.9. The highest BCUT2D eigenvalue weighted by Crippen LogP contribution is 1.82. The van der Waals surface area contributed by atoms with Crippen LogP contribution < -0.4 is 0 Å². The van der Waals surface area contributed by atoms with Crippen LogP contribution in [-0.4, -0.2) is 33.7 Å². The predicted molar refractivity (Wildman–Crippen MR) is 51.3 cm³/mol. The number of methoxy groups -OCH3 is 1. The summed E-state index contributed by atoms with van der Waals surface area (Å²) in [4.78, 5) is 0. The van der Waals surface area contributed by atoms with Crippen molar-refractivity contribution in [2.45, 2.75) is 19.8 Å². The zero-order valence-corrected chi connectivity index (χ0v) is 8.47. The van der Waals surface area contributed by atoms with Crippen LogP contribution in [0.4, 0.5) is 0 Å². The highest BCUT2D eigenvalue weighted by molar-refractivity contribution is 4.98. The SMILES string of the molecule is CCCC#CCOCOCCOC. The van der Waals surface area contributed by atoms with E-state index in [1.54, 1.807) is 7.11 Å². The van der Waals surface area contributed by atoms with Crippen molar-refractivity contribution in [3.8, 4) is 11.8 Å². The molecule has 0 aromatic rings. The Labute approximate surface area is 80.4 Å². The van der Waals surface area contributed by atoms with Gasteiger partial charge in [-0.15, -0.1) is 5.92 Å². The van der Waals surface area contributed by atoms with Gasteiger partial charge >= 0.3 is 0 Å². The molecule has 0 saturated heterocycles. The summed E-state index contributed by atoms with van der Waals surface area (Å²) in [5.41, 5.74) is 0. The standard InChI is InChI=1S/C10H18O3/c1-3-4-5-6-7-12-10-13-9-8-11-2/h3-4,7-10H2,1-2H3. The molecule has 0 bridgehead atoms. The molecule has 0 N–H and O–H groups in total. The summed E-state index contributed by atoms with van der Waals surface area (Å²) in [6.45, 7) is 4.02. The summed E-state index contributed by atoms with van der Waals surface area (Å²) in [6.07, 6.45) is 2.03. The molecule has 0 spiro atoms. The van der Waals surface area contributed by atoms with Gasteiger partial charge in [-0.25, -0.2) is 0 Å². The molecular formula is C10H18O3. The summed E-state index contributed by atoms with van der Waals surface area (Å²) in [7, 11) is 1.64. The van der Waals surface area contributed by atoms with Crippen molar-refractivity contribution in [1.29, 1.82) is 0 Å². The summed E-state index contributed by atoms with van der Waals surface area (Å²) in [6, 6.07) is 0. The first-order chi connectivity index (χ1) is 6.41. The summed E-state index contributed by atoms with van der Waals surface area (Å²) in [5.74, 6) is 5.88. The van der Waals surface area contributed by atoms with Gasteiger partial charge in [-0.3, -0.25) is 0 Å². The molecule has 0 aliphatic rings. The monoisotopic (exact) mass is 186 g/mol. The maximum atomic E-state index is 5.08. The molecule has 0 amide bonds. The average Bonchev–Trinajstić information content (AvgIpc) is 2.16. The van der Waals surface area contributed by atoms with E-state index < -0.39 is 0 Å². The topological polar surface area (TPSA) is 27.7 Å². The van der Waals surface area contributed by atoms with E-state index in [1.165, 1.54) is 0 Å². The van der Waals surface area contributed by atoms with Gasteiger partial charge in [-0.2, -0.15) is 0 Å². The number of rotatable bonds is 7. The molecule has 0 fully saturated rings. The molecule has 0 unspecified atom stereocenters. The molecule has 0 atom stereocenters. The van der Waals surface area contributed by atoms with Gasteiger partial charge in [-0.1, -0.05) is 12.8 Å². The Morgan fingerprint density at radius 3 is 2.62 bits per heavy atom. The van der Waals surface area contributed by atoms with Crippen LogP contribution in [0.5, 0.6) is 0 Å². The fraction of sp³-hybridized carbons (Fsp3) is 0.800. The molecule has 0 aromatic heterocycles. The van der Waals surface area contributed by atoms with E-state index in [4.69, 9.17) is 14.2 Å². The number of ether oxygens (including phenoxy) is 3. The summed E-state index contributed by atoms with van der Waals surface area (Å²) in [5, 5.41) is 0. The third-order valence-electron chi connectivity index (χ3n) is 1.27. The second kappa shape index (κ2) is 11.4. The second-order valence-electron chi connectivity index (χ2n) is 2.47. The molecule has 0 saturated carbocycles. The van der Waals surface area contributed by atoms with Gasteiger partial charge in [0.1, 0.15) is 13.4 Å². The van der Waals surface area contributed by atoms with Gasteiger partial charge < -0.3 is 14.2 Å². The highest BCUT2D eigenvalue weighted by Gasteiger charge is 1.85. The van der Waals surface area contributed by atoms with E-state index >= 15 is 0 Å². The van der Waals surface area contributed by atoms with Crippen LogP contribution in [0.3, 0.4) is 0 Å². The lowest BCUT2D eigenvalue weighted by Gasteiger charge is -2.01. The largest absolute Gasteiger partial charge is 0.382 e. The Hall–Kier alpha value is -0.560. The number of unbranched alkanes of at least 4 members (excludes halogenated alkanes) is 1. The molecule has 76 valence electrons. The van der Waals surface area contributed by atoms with Crippen LogP contribution in [0, 0.1) is 11.8 Å². The lowest BCUT2D eigenvalue weighted by molar-refractivity contribution is -0.0556. The fourth-order valence-electron chi connectivity index (χ4n) is 0.617. The van der Waals surface area contributed by atoms with Gasteiger partial charge in [-0.05, 0) is 6.42 Å². The molecule has 3 heteroatoms. The Morgan fingerprint density at radius 2 is 1.92 bits per heavy atom. The summed E-state index contributed by atoms with van der Waals surface area (Å²) >= 11 is 0. The molecule has 0 heterocycles. The van der Waals surface area contributed by atoms with Crippen LogP contribution in [0.2, 0.25) is 0 Å². The molecule has 0 aromatic carbocycles. The third kappa shape index (κ3) is 11.4.